The summed E-state index contributed by atoms with van der Waals surface area (Å²) in [5.41, 5.74) is 0. The molecule has 12 heavy (non-hydrogen) atoms. The first-order valence-electron chi connectivity index (χ1n) is 4.50. The summed E-state index contributed by atoms with van der Waals surface area (Å²) in [4.78, 5) is 11.1. The quantitative estimate of drug-likeness (QED) is 0.542. The van der Waals surface area contributed by atoms with Crippen molar-refractivity contribution < 1.29 is 9.53 Å². The lowest BCUT2D eigenvalue weighted by molar-refractivity contribution is -0.148. The van der Waals surface area contributed by atoms with Gasteiger partial charge in [0.25, 0.3) is 0 Å². The summed E-state index contributed by atoms with van der Waals surface area (Å²) < 4.78 is 5.22. The summed E-state index contributed by atoms with van der Waals surface area (Å²) in [5, 5.41) is 0. The Morgan fingerprint density at radius 3 is 2.08 bits per heavy atom. The molecule has 0 N–H and O–H groups in total. The van der Waals surface area contributed by atoms with Crippen LogP contribution in [0, 0.1) is 0 Å². The first-order chi connectivity index (χ1) is 5.65. The Morgan fingerprint density at radius 2 is 1.75 bits per heavy atom. The molecule has 0 fully saturated rings. The molecule has 1 atom stereocenters. The molecule has 0 aromatic rings. The van der Waals surface area contributed by atoms with Gasteiger partial charge in [-0.15, -0.1) is 0 Å². The van der Waals surface area contributed by atoms with Crippen molar-refractivity contribution in [3.8, 4) is 0 Å². The highest BCUT2D eigenvalue weighted by atomic mass is 79.9. The Morgan fingerprint density at radius 1 is 1.25 bits per heavy atom. The smallest absolute Gasteiger partial charge is 0.319 e. The molecular formula is C9H17BrO2. The van der Waals surface area contributed by atoms with Gasteiger partial charge < -0.3 is 4.74 Å². The molecule has 0 saturated carbocycles. The van der Waals surface area contributed by atoms with Crippen LogP contribution >= 0.6 is 15.9 Å². The fraction of sp³-hybridized carbons (Fsp3) is 0.889. The molecule has 0 aliphatic carbocycles. The average molecular weight is 237 g/mol. The fourth-order valence-corrected chi connectivity index (χ4v) is 0.968. The van der Waals surface area contributed by atoms with E-state index < -0.39 is 0 Å². The van der Waals surface area contributed by atoms with Gasteiger partial charge in [-0.1, -0.05) is 36.7 Å². The third kappa shape index (κ3) is 4.10. The number of carbonyl (C=O) groups is 1. The van der Waals surface area contributed by atoms with E-state index in [4.69, 9.17) is 4.74 Å². The molecule has 0 aromatic carbocycles. The van der Waals surface area contributed by atoms with Crippen molar-refractivity contribution in [2.75, 3.05) is 0 Å². The SMILES string of the molecule is CCC(CC)OC(=O)C(Br)CC. The van der Waals surface area contributed by atoms with Gasteiger partial charge in [-0.2, -0.15) is 0 Å². The normalized spacial score (nSPS) is 13.1. The maximum atomic E-state index is 11.2. The Labute approximate surface area is 82.8 Å². The van der Waals surface area contributed by atoms with E-state index >= 15 is 0 Å². The predicted octanol–water partition coefficient (Wildman–Crippen LogP) is 2.89. The van der Waals surface area contributed by atoms with Crippen LogP contribution in [0.5, 0.6) is 0 Å². The first-order valence-corrected chi connectivity index (χ1v) is 5.41. The van der Waals surface area contributed by atoms with Gasteiger partial charge in [0.15, 0.2) is 0 Å². The highest BCUT2D eigenvalue weighted by Gasteiger charge is 2.17. The van der Waals surface area contributed by atoms with Gasteiger partial charge in [0, 0.05) is 0 Å². The van der Waals surface area contributed by atoms with E-state index in [1.54, 1.807) is 0 Å². The number of halogens is 1. The zero-order valence-corrected chi connectivity index (χ0v) is 9.56. The van der Waals surface area contributed by atoms with Gasteiger partial charge in [-0.3, -0.25) is 4.79 Å². The minimum atomic E-state index is -0.141. The van der Waals surface area contributed by atoms with Crippen molar-refractivity contribution in [3.63, 3.8) is 0 Å². The number of hydrogen-bond donors (Lipinski definition) is 0. The van der Waals surface area contributed by atoms with E-state index in [-0.39, 0.29) is 16.9 Å². The van der Waals surface area contributed by atoms with Crippen LogP contribution in [0.4, 0.5) is 0 Å². The molecule has 2 nitrogen and oxygen atoms in total. The van der Waals surface area contributed by atoms with E-state index in [1.807, 2.05) is 20.8 Å². The maximum absolute atomic E-state index is 11.2. The molecule has 0 aromatic heterocycles. The fourth-order valence-electron chi connectivity index (χ4n) is 0.860. The third-order valence-electron chi connectivity index (χ3n) is 1.81. The second kappa shape index (κ2) is 6.46. The van der Waals surface area contributed by atoms with Crippen LogP contribution < -0.4 is 0 Å². The molecule has 0 aliphatic heterocycles. The van der Waals surface area contributed by atoms with Gasteiger partial charge in [-0.25, -0.2) is 0 Å². The van der Waals surface area contributed by atoms with Crippen molar-refractivity contribution >= 4 is 21.9 Å². The lowest BCUT2D eigenvalue weighted by Crippen LogP contribution is -2.23. The molecule has 0 aliphatic rings. The zero-order chi connectivity index (χ0) is 9.56. The Hall–Kier alpha value is -0.0500. The minimum absolute atomic E-state index is 0.0871. The summed E-state index contributed by atoms with van der Waals surface area (Å²) in [6, 6.07) is 0. The summed E-state index contributed by atoms with van der Waals surface area (Å²) in [6.45, 7) is 6.00. The third-order valence-corrected chi connectivity index (χ3v) is 2.83. The molecule has 0 spiro atoms. The minimum Gasteiger partial charge on any atom is -0.462 e. The van der Waals surface area contributed by atoms with E-state index in [0.717, 1.165) is 19.3 Å². The van der Waals surface area contributed by atoms with Crippen LogP contribution in [-0.4, -0.2) is 16.9 Å². The van der Waals surface area contributed by atoms with E-state index in [0.29, 0.717) is 0 Å². The van der Waals surface area contributed by atoms with E-state index in [9.17, 15) is 4.79 Å². The standard InChI is InChI=1S/C9H17BrO2/c1-4-7(5-2)12-9(11)8(10)6-3/h7-8H,4-6H2,1-3H3. The van der Waals surface area contributed by atoms with Gasteiger partial charge >= 0.3 is 5.97 Å². The molecule has 0 saturated heterocycles. The van der Waals surface area contributed by atoms with Gasteiger partial charge in [0.2, 0.25) is 0 Å². The Kier molecular flexibility index (Phi) is 6.44. The lowest BCUT2D eigenvalue weighted by atomic mass is 10.2. The molecule has 0 rings (SSSR count). The second-order valence-corrected chi connectivity index (χ2v) is 3.86. The number of esters is 1. The summed E-state index contributed by atoms with van der Waals surface area (Å²) in [6.07, 6.45) is 2.65. The van der Waals surface area contributed by atoms with Gasteiger partial charge in [-0.05, 0) is 19.3 Å². The number of carbonyl (C=O) groups excluding carboxylic acids is 1. The molecule has 0 amide bonds. The monoisotopic (exact) mass is 236 g/mol. The molecular weight excluding hydrogens is 220 g/mol. The lowest BCUT2D eigenvalue weighted by Gasteiger charge is -2.15. The Balaban J connectivity index is 3.81. The van der Waals surface area contributed by atoms with Crippen molar-refractivity contribution in [2.24, 2.45) is 0 Å². The highest BCUT2D eigenvalue weighted by Crippen LogP contribution is 2.11. The molecule has 0 radical (unpaired) electrons. The maximum Gasteiger partial charge on any atom is 0.319 e. The summed E-state index contributed by atoms with van der Waals surface area (Å²) in [7, 11) is 0. The molecule has 1 unspecified atom stereocenters. The van der Waals surface area contributed by atoms with Crippen molar-refractivity contribution in [3.05, 3.63) is 0 Å². The van der Waals surface area contributed by atoms with Crippen molar-refractivity contribution in [2.45, 2.75) is 51.0 Å². The van der Waals surface area contributed by atoms with Crippen LogP contribution in [0.25, 0.3) is 0 Å². The largest absolute Gasteiger partial charge is 0.462 e. The van der Waals surface area contributed by atoms with Crippen LogP contribution in [0.1, 0.15) is 40.0 Å². The molecule has 3 heteroatoms. The Bertz CT molecular complexity index is 132. The number of hydrogen-bond acceptors (Lipinski definition) is 2. The van der Waals surface area contributed by atoms with Gasteiger partial charge in [0.05, 0.1) is 0 Å². The van der Waals surface area contributed by atoms with E-state index in [2.05, 4.69) is 15.9 Å². The summed E-state index contributed by atoms with van der Waals surface area (Å²) in [5.74, 6) is -0.133. The molecule has 0 bridgehead atoms. The zero-order valence-electron chi connectivity index (χ0n) is 7.97. The highest BCUT2D eigenvalue weighted by molar-refractivity contribution is 9.10. The predicted molar refractivity (Wildman–Crippen MR) is 53.5 cm³/mol. The van der Waals surface area contributed by atoms with Crippen molar-refractivity contribution in [1.82, 2.24) is 0 Å². The second-order valence-electron chi connectivity index (χ2n) is 2.75. The average Bonchev–Trinajstić information content (AvgIpc) is 2.12. The number of alkyl halides is 1. The molecule has 0 heterocycles. The molecule has 72 valence electrons. The van der Waals surface area contributed by atoms with Crippen LogP contribution in [0.15, 0.2) is 0 Å². The first kappa shape index (κ1) is 11.9. The van der Waals surface area contributed by atoms with Crippen LogP contribution in [0.3, 0.4) is 0 Å². The van der Waals surface area contributed by atoms with Gasteiger partial charge in [0.1, 0.15) is 10.9 Å². The van der Waals surface area contributed by atoms with Crippen LogP contribution in [-0.2, 0) is 9.53 Å². The topological polar surface area (TPSA) is 26.3 Å². The van der Waals surface area contributed by atoms with E-state index in [1.165, 1.54) is 0 Å². The van der Waals surface area contributed by atoms with Crippen LogP contribution in [0.2, 0.25) is 0 Å². The number of ether oxygens (including phenoxy) is 1. The number of rotatable bonds is 5. The van der Waals surface area contributed by atoms with Crippen molar-refractivity contribution in [1.29, 1.82) is 0 Å². The summed E-state index contributed by atoms with van der Waals surface area (Å²) >= 11 is 3.25.